The predicted molar refractivity (Wildman–Crippen MR) is 68.2 cm³/mol. The molecule has 86 valence electrons. The molecule has 0 unspecified atom stereocenters. The van der Waals surface area contributed by atoms with Crippen molar-refractivity contribution in [2.24, 2.45) is 5.41 Å². The molecule has 0 aliphatic rings. The minimum absolute atomic E-state index is 0.165. The number of rotatable bonds is 6. The van der Waals surface area contributed by atoms with Crippen LogP contribution in [0.1, 0.15) is 33.1 Å². The molecule has 0 aliphatic carbocycles. The molecule has 16 heavy (non-hydrogen) atoms. The molecule has 0 aromatic carbocycles. The van der Waals surface area contributed by atoms with Crippen LogP contribution in [0.5, 0.6) is 0 Å². The van der Waals surface area contributed by atoms with Gasteiger partial charge in [-0.3, -0.25) is 4.98 Å². The van der Waals surface area contributed by atoms with Gasteiger partial charge in [0.1, 0.15) is 0 Å². The van der Waals surface area contributed by atoms with Gasteiger partial charge in [0.05, 0.1) is 11.5 Å². The van der Waals surface area contributed by atoms with Crippen LogP contribution in [0, 0.1) is 16.7 Å². The van der Waals surface area contributed by atoms with Gasteiger partial charge in [0, 0.05) is 17.3 Å². The van der Waals surface area contributed by atoms with Crippen LogP contribution in [0.15, 0.2) is 29.4 Å². The molecule has 3 heteroatoms. The molecule has 0 atom stereocenters. The molecule has 0 bridgehead atoms. The molecule has 0 saturated carbocycles. The molecule has 0 amide bonds. The Morgan fingerprint density at radius 2 is 2.00 bits per heavy atom. The Morgan fingerprint density at radius 3 is 2.62 bits per heavy atom. The van der Waals surface area contributed by atoms with Crippen molar-refractivity contribution < 1.29 is 0 Å². The normalized spacial score (nSPS) is 11.1. The average Bonchev–Trinajstić information content (AvgIpc) is 2.30. The highest BCUT2D eigenvalue weighted by atomic mass is 32.2. The Labute approximate surface area is 102 Å². The molecule has 0 fully saturated rings. The van der Waals surface area contributed by atoms with Crippen LogP contribution < -0.4 is 0 Å². The fourth-order valence-electron chi connectivity index (χ4n) is 1.35. The molecule has 0 radical (unpaired) electrons. The van der Waals surface area contributed by atoms with Crippen molar-refractivity contribution in [2.45, 2.75) is 38.0 Å². The van der Waals surface area contributed by atoms with Crippen molar-refractivity contribution in [1.29, 1.82) is 5.26 Å². The van der Waals surface area contributed by atoms with Crippen molar-refractivity contribution in [3.05, 3.63) is 24.5 Å². The molecule has 0 spiro atoms. The third kappa shape index (κ3) is 5.18. The van der Waals surface area contributed by atoms with E-state index >= 15 is 0 Å². The minimum Gasteiger partial charge on any atom is -0.265 e. The summed E-state index contributed by atoms with van der Waals surface area (Å²) in [5.74, 6) is 1.12. The maximum absolute atomic E-state index is 8.87. The van der Waals surface area contributed by atoms with Gasteiger partial charge in [-0.15, -0.1) is 11.8 Å². The number of pyridine rings is 1. The zero-order valence-corrected chi connectivity index (χ0v) is 10.8. The molecule has 1 aromatic rings. The summed E-state index contributed by atoms with van der Waals surface area (Å²) in [6, 6.07) is 6.40. The highest BCUT2D eigenvalue weighted by Gasteiger charge is 2.15. The van der Waals surface area contributed by atoms with Gasteiger partial charge in [-0.05, 0) is 44.6 Å². The number of hydrogen-bond donors (Lipinski definition) is 0. The first-order chi connectivity index (χ1) is 7.64. The van der Waals surface area contributed by atoms with E-state index in [2.05, 4.69) is 11.1 Å². The lowest BCUT2D eigenvalue weighted by Crippen LogP contribution is -2.07. The summed E-state index contributed by atoms with van der Waals surface area (Å²) in [5, 5.41) is 8.87. The second-order valence-electron chi connectivity index (χ2n) is 4.48. The van der Waals surface area contributed by atoms with E-state index in [0.717, 1.165) is 25.0 Å². The summed E-state index contributed by atoms with van der Waals surface area (Å²) in [6.07, 6.45) is 6.92. The molecular weight excluding hydrogens is 216 g/mol. The largest absolute Gasteiger partial charge is 0.265 e. The third-order valence-corrected chi connectivity index (χ3v) is 3.52. The van der Waals surface area contributed by atoms with E-state index in [1.165, 1.54) is 4.90 Å². The Balaban J connectivity index is 2.12. The zero-order valence-electron chi connectivity index (χ0n) is 9.94. The second kappa shape index (κ2) is 6.55. The van der Waals surface area contributed by atoms with Crippen molar-refractivity contribution >= 4 is 11.8 Å². The van der Waals surface area contributed by atoms with E-state index < -0.39 is 0 Å². The maximum Gasteiger partial charge on any atom is 0.0683 e. The first kappa shape index (κ1) is 13.1. The smallest absolute Gasteiger partial charge is 0.0683 e. The van der Waals surface area contributed by atoms with Gasteiger partial charge >= 0.3 is 0 Å². The van der Waals surface area contributed by atoms with Crippen molar-refractivity contribution in [2.75, 3.05) is 5.75 Å². The third-order valence-electron chi connectivity index (χ3n) is 2.42. The molecule has 1 heterocycles. The number of aromatic nitrogens is 1. The first-order valence-corrected chi connectivity index (χ1v) is 6.57. The van der Waals surface area contributed by atoms with Gasteiger partial charge in [-0.2, -0.15) is 5.26 Å². The summed E-state index contributed by atoms with van der Waals surface area (Å²) in [5.41, 5.74) is -0.165. The molecule has 1 aromatic heterocycles. The highest BCUT2D eigenvalue weighted by Crippen LogP contribution is 2.24. The van der Waals surface area contributed by atoms with Gasteiger partial charge < -0.3 is 0 Å². The zero-order chi connectivity index (χ0) is 11.9. The van der Waals surface area contributed by atoms with Crippen LogP contribution in [0.25, 0.3) is 0 Å². The fraction of sp³-hybridized carbons (Fsp3) is 0.538. The molecule has 0 N–H and O–H groups in total. The summed E-state index contributed by atoms with van der Waals surface area (Å²) >= 11 is 1.86. The standard InChI is InChI=1S/C13H18N2S/c1-13(2,11-14)7-3-4-10-16-12-5-8-15-9-6-12/h5-6,8-9H,3-4,7,10H2,1-2H3. The van der Waals surface area contributed by atoms with Gasteiger partial charge in [0.2, 0.25) is 0 Å². The molecule has 1 rings (SSSR count). The summed E-state index contributed by atoms with van der Waals surface area (Å²) in [6.45, 7) is 4.01. The molecule has 2 nitrogen and oxygen atoms in total. The van der Waals surface area contributed by atoms with E-state index in [1.807, 2.05) is 50.1 Å². The minimum atomic E-state index is -0.165. The molecular formula is C13H18N2S. The Hall–Kier alpha value is -1.01. The Morgan fingerprint density at radius 1 is 1.31 bits per heavy atom. The SMILES string of the molecule is CC(C)(C#N)CCCCSc1ccncc1. The number of thioether (sulfide) groups is 1. The highest BCUT2D eigenvalue weighted by molar-refractivity contribution is 7.99. The Bertz CT molecular complexity index is 341. The quantitative estimate of drug-likeness (QED) is 0.553. The molecule has 0 saturated heterocycles. The van der Waals surface area contributed by atoms with Crippen LogP contribution in [0.3, 0.4) is 0 Å². The van der Waals surface area contributed by atoms with Crippen LogP contribution in [0.4, 0.5) is 0 Å². The number of nitriles is 1. The van der Waals surface area contributed by atoms with E-state index in [4.69, 9.17) is 5.26 Å². The van der Waals surface area contributed by atoms with Crippen LogP contribution >= 0.6 is 11.8 Å². The van der Waals surface area contributed by atoms with Crippen LogP contribution in [-0.4, -0.2) is 10.7 Å². The number of unbranched alkanes of at least 4 members (excludes halogenated alkanes) is 1. The fourth-order valence-corrected chi connectivity index (χ4v) is 2.25. The number of nitrogens with zero attached hydrogens (tertiary/aromatic N) is 2. The summed E-state index contributed by atoms with van der Waals surface area (Å²) < 4.78 is 0. The number of hydrogen-bond acceptors (Lipinski definition) is 3. The lowest BCUT2D eigenvalue weighted by atomic mass is 9.89. The van der Waals surface area contributed by atoms with Crippen molar-refractivity contribution in [3.63, 3.8) is 0 Å². The summed E-state index contributed by atoms with van der Waals surface area (Å²) in [7, 11) is 0. The van der Waals surface area contributed by atoms with Crippen LogP contribution in [-0.2, 0) is 0 Å². The second-order valence-corrected chi connectivity index (χ2v) is 5.65. The van der Waals surface area contributed by atoms with Gasteiger partial charge in [0.15, 0.2) is 0 Å². The topological polar surface area (TPSA) is 36.7 Å². The lowest BCUT2D eigenvalue weighted by molar-refractivity contribution is 0.433. The van der Waals surface area contributed by atoms with Crippen LogP contribution in [0.2, 0.25) is 0 Å². The van der Waals surface area contributed by atoms with Gasteiger partial charge in [-0.25, -0.2) is 0 Å². The van der Waals surface area contributed by atoms with Crippen molar-refractivity contribution in [1.82, 2.24) is 4.98 Å². The monoisotopic (exact) mass is 234 g/mol. The van der Waals surface area contributed by atoms with Gasteiger partial charge in [-0.1, -0.05) is 6.42 Å². The van der Waals surface area contributed by atoms with E-state index in [9.17, 15) is 0 Å². The van der Waals surface area contributed by atoms with Gasteiger partial charge in [0.25, 0.3) is 0 Å². The first-order valence-electron chi connectivity index (χ1n) is 5.58. The predicted octanol–water partition coefficient (Wildman–Crippen LogP) is 3.89. The molecule has 0 aliphatic heterocycles. The Kier molecular flexibility index (Phi) is 5.34. The van der Waals surface area contributed by atoms with Crippen molar-refractivity contribution in [3.8, 4) is 6.07 Å². The average molecular weight is 234 g/mol. The van der Waals surface area contributed by atoms with E-state index in [-0.39, 0.29) is 5.41 Å². The van der Waals surface area contributed by atoms with E-state index in [1.54, 1.807) is 0 Å². The maximum atomic E-state index is 8.87. The summed E-state index contributed by atoms with van der Waals surface area (Å²) in [4.78, 5) is 5.26. The lowest BCUT2D eigenvalue weighted by Gasteiger charge is -2.13. The van der Waals surface area contributed by atoms with E-state index in [0.29, 0.717) is 0 Å².